The van der Waals surface area contributed by atoms with Gasteiger partial charge in [0.05, 0.1) is 7.11 Å². The Kier molecular flexibility index (Phi) is 5.75. The minimum Gasteiger partial charge on any atom is -0.497 e. The van der Waals surface area contributed by atoms with Crippen LogP contribution in [0.25, 0.3) is 0 Å². The molecule has 0 aliphatic carbocycles. The first-order valence-electron chi connectivity index (χ1n) is 5.12. The number of rotatable bonds is 2. The van der Waals surface area contributed by atoms with Gasteiger partial charge in [0.15, 0.2) is 0 Å². The summed E-state index contributed by atoms with van der Waals surface area (Å²) >= 11 is 2.08. The quantitative estimate of drug-likeness (QED) is 0.761. The van der Waals surface area contributed by atoms with Crippen molar-refractivity contribution in [2.45, 2.75) is 18.8 Å². The summed E-state index contributed by atoms with van der Waals surface area (Å²) in [6.07, 6.45) is 2.71. The van der Waals surface area contributed by atoms with Crippen molar-refractivity contribution in [3.8, 4) is 5.75 Å². The Morgan fingerprint density at radius 1 is 1.27 bits per heavy atom. The maximum Gasteiger partial charge on any atom is 0.118 e. The van der Waals surface area contributed by atoms with E-state index in [4.69, 9.17) is 4.74 Å². The molecule has 0 bridgehead atoms. The summed E-state index contributed by atoms with van der Waals surface area (Å²) in [5.74, 6) is 4.34. The molecule has 1 aliphatic rings. The van der Waals surface area contributed by atoms with Crippen molar-refractivity contribution in [2.24, 2.45) is 0 Å². The number of hydrogen-bond donors (Lipinski definition) is 0. The van der Waals surface area contributed by atoms with E-state index in [-0.39, 0.29) is 20.4 Å². The molecular formula is C12H16OReS. The average molecular weight is 395 g/mol. The maximum absolute atomic E-state index is 5.15. The molecule has 0 saturated carbocycles. The molecule has 1 atom stereocenters. The number of methoxy groups -OCH3 is 1. The standard InChI is InChI=1S/C12H16OS.Re/c1-13-12-6-4-10(5-7-12)11-3-2-8-14-9-11;/h4-7,11H,2-3,8-9H2,1H3;. The van der Waals surface area contributed by atoms with Gasteiger partial charge in [0.25, 0.3) is 0 Å². The van der Waals surface area contributed by atoms with Crippen LogP contribution in [0.5, 0.6) is 5.75 Å². The summed E-state index contributed by atoms with van der Waals surface area (Å²) < 4.78 is 5.15. The molecule has 1 unspecified atom stereocenters. The molecule has 0 spiro atoms. The van der Waals surface area contributed by atoms with Gasteiger partial charge in [-0.3, -0.25) is 0 Å². The fraction of sp³-hybridized carbons (Fsp3) is 0.500. The van der Waals surface area contributed by atoms with Crippen LogP contribution in [0.15, 0.2) is 24.3 Å². The summed E-state index contributed by atoms with van der Waals surface area (Å²) in [6.45, 7) is 0. The third-order valence-electron chi connectivity index (χ3n) is 2.75. The first-order chi connectivity index (χ1) is 6.90. The van der Waals surface area contributed by atoms with Gasteiger partial charge in [-0.05, 0) is 42.2 Å². The second-order valence-corrected chi connectivity index (χ2v) is 4.84. The second kappa shape index (κ2) is 6.58. The monoisotopic (exact) mass is 395 g/mol. The van der Waals surface area contributed by atoms with E-state index in [1.165, 1.54) is 29.9 Å². The van der Waals surface area contributed by atoms with E-state index in [1.807, 2.05) is 0 Å². The van der Waals surface area contributed by atoms with Crippen molar-refractivity contribution in [3.05, 3.63) is 29.8 Å². The Hall–Kier alpha value is 0.0323. The Morgan fingerprint density at radius 3 is 2.53 bits per heavy atom. The molecule has 2 rings (SSSR count). The van der Waals surface area contributed by atoms with Crippen LogP contribution in [0.4, 0.5) is 0 Å². The molecule has 1 aromatic rings. The minimum absolute atomic E-state index is 0. The third kappa shape index (κ3) is 3.52. The summed E-state index contributed by atoms with van der Waals surface area (Å²) in [6, 6.07) is 8.54. The topological polar surface area (TPSA) is 9.23 Å². The van der Waals surface area contributed by atoms with Gasteiger partial charge in [-0.25, -0.2) is 0 Å². The van der Waals surface area contributed by atoms with Crippen molar-refractivity contribution in [3.63, 3.8) is 0 Å². The fourth-order valence-corrected chi connectivity index (χ4v) is 3.06. The molecule has 1 saturated heterocycles. The van der Waals surface area contributed by atoms with E-state index in [0.29, 0.717) is 0 Å². The first-order valence-corrected chi connectivity index (χ1v) is 6.27. The molecule has 0 aromatic heterocycles. The van der Waals surface area contributed by atoms with Gasteiger partial charge < -0.3 is 4.74 Å². The van der Waals surface area contributed by atoms with Crippen LogP contribution in [0, 0.1) is 0 Å². The van der Waals surface area contributed by atoms with Crippen LogP contribution in [0.3, 0.4) is 0 Å². The van der Waals surface area contributed by atoms with E-state index in [9.17, 15) is 0 Å². The van der Waals surface area contributed by atoms with E-state index in [1.54, 1.807) is 7.11 Å². The predicted octanol–water partition coefficient (Wildman–Crippen LogP) is 3.30. The zero-order chi connectivity index (χ0) is 9.80. The summed E-state index contributed by atoms with van der Waals surface area (Å²) in [4.78, 5) is 0. The van der Waals surface area contributed by atoms with Crippen LogP contribution in [0.1, 0.15) is 24.3 Å². The molecule has 1 radical (unpaired) electrons. The van der Waals surface area contributed by atoms with Crippen LogP contribution in [0.2, 0.25) is 0 Å². The normalized spacial score (nSPS) is 20.5. The zero-order valence-electron chi connectivity index (χ0n) is 8.91. The summed E-state index contributed by atoms with van der Waals surface area (Å²) in [5.41, 5.74) is 1.47. The van der Waals surface area contributed by atoms with E-state index in [2.05, 4.69) is 36.0 Å². The number of hydrogen-bond acceptors (Lipinski definition) is 2. The van der Waals surface area contributed by atoms with Crippen molar-refractivity contribution in [1.82, 2.24) is 0 Å². The van der Waals surface area contributed by atoms with Gasteiger partial charge in [0, 0.05) is 26.2 Å². The van der Waals surface area contributed by atoms with Gasteiger partial charge >= 0.3 is 0 Å². The molecule has 0 amide bonds. The van der Waals surface area contributed by atoms with Crippen LogP contribution in [-0.4, -0.2) is 18.6 Å². The SMILES string of the molecule is COc1ccc(C2CCCSC2)cc1.[Re]. The largest absolute Gasteiger partial charge is 0.497 e. The Morgan fingerprint density at radius 2 is 2.00 bits per heavy atom. The van der Waals surface area contributed by atoms with E-state index in [0.717, 1.165) is 11.7 Å². The molecular weight excluding hydrogens is 378 g/mol. The molecule has 83 valence electrons. The number of benzene rings is 1. The summed E-state index contributed by atoms with van der Waals surface area (Å²) in [5, 5.41) is 0. The van der Waals surface area contributed by atoms with Crippen molar-refractivity contribution in [1.29, 1.82) is 0 Å². The third-order valence-corrected chi connectivity index (χ3v) is 3.96. The maximum atomic E-state index is 5.15. The molecule has 1 aliphatic heterocycles. The Bertz CT molecular complexity index is 280. The predicted molar refractivity (Wildman–Crippen MR) is 62.3 cm³/mol. The molecule has 1 aromatic carbocycles. The molecule has 3 heteroatoms. The van der Waals surface area contributed by atoms with Crippen LogP contribution < -0.4 is 4.74 Å². The smallest absolute Gasteiger partial charge is 0.118 e. The number of ether oxygens (including phenoxy) is 1. The van der Waals surface area contributed by atoms with Gasteiger partial charge in [0.1, 0.15) is 5.75 Å². The Labute approximate surface area is 110 Å². The van der Waals surface area contributed by atoms with E-state index >= 15 is 0 Å². The van der Waals surface area contributed by atoms with Gasteiger partial charge in [-0.2, -0.15) is 11.8 Å². The molecule has 0 N–H and O–H groups in total. The van der Waals surface area contributed by atoms with Crippen molar-refractivity contribution < 1.29 is 25.2 Å². The number of thioether (sulfide) groups is 1. The van der Waals surface area contributed by atoms with Gasteiger partial charge in [-0.1, -0.05) is 12.1 Å². The zero-order valence-corrected chi connectivity index (χ0v) is 12.4. The molecule has 15 heavy (non-hydrogen) atoms. The van der Waals surface area contributed by atoms with Crippen LogP contribution in [-0.2, 0) is 20.4 Å². The van der Waals surface area contributed by atoms with Crippen molar-refractivity contribution in [2.75, 3.05) is 18.6 Å². The first kappa shape index (κ1) is 13.1. The molecule has 1 nitrogen and oxygen atoms in total. The molecule has 1 heterocycles. The van der Waals surface area contributed by atoms with Crippen molar-refractivity contribution >= 4 is 11.8 Å². The second-order valence-electron chi connectivity index (χ2n) is 3.69. The Balaban J connectivity index is 0.00000112. The van der Waals surface area contributed by atoms with Gasteiger partial charge in [-0.15, -0.1) is 0 Å². The average Bonchev–Trinajstić information content (AvgIpc) is 2.30. The van der Waals surface area contributed by atoms with Gasteiger partial charge in [0.2, 0.25) is 0 Å². The fourth-order valence-electron chi connectivity index (χ4n) is 1.88. The summed E-state index contributed by atoms with van der Waals surface area (Å²) in [7, 11) is 1.71. The molecule has 1 fully saturated rings. The minimum atomic E-state index is 0. The van der Waals surface area contributed by atoms with Crippen LogP contribution >= 0.6 is 11.8 Å². The van der Waals surface area contributed by atoms with E-state index < -0.39 is 0 Å².